The predicted octanol–water partition coefficient (Wildman–Crippen LogP) is 6.69. The van der Waals surface area contributed by atoms with Crippen LogP contribution in [0.2, 0.25) is 0 Å². The quantitative estimate of drug-likeness (QED) is 0.516. The summed E-state index contributed by atoms with van der Waals surface area (Å²) in [5.41, 5.74) is 9.30. The van der Waals surface area contributed by atoms with E-state index in [1.54, 1.807) is 11.3 Å². The Morgan fingerprint density at radius 3 is 1.75 bits per heavy atom. The van der Waals surface area contributed by atoms with Crippen molar-refractivity contribution in [2.75, 3.05) is 0 Å². The highest BCUT2D eigenvalue weighted by Gasteiger charge is 2.22. The van der Waals surface area contributed by atoms with Crippen LogP contribution in [0, 0.1) is 41.5 Å². The van der Waals surface area contributed by atoms with Crippen LogP contribution in [0.5, 0.6) is 0 Å². The van der Waals surface area contributed by atoms with Gasteiger partial charge in [-0.05, 0) is 102 Å². The van der Waals surface area contributed by atoms with E-state index < -0.39 is 0 Å². The van der Waals surface area contributed by atoms with Crippen LogP contribution in [0.15, 0.2) is 9.85 Å². The molecule has 1 aromatic heterocycles. The molecule has 1 atom stereocenters. The summed E-state index contributed by atoms with van der Waals surface area (Å²) in [7, 11) is 0. The first-order valence-corrected chi connectivity index (χ1v) is 8.77. The summed E-state index contributed by atoms with van der Waals surface area (Å²) in [5.74, 6) is 0. The highest BCUT2D eigenvalue weighted by Crippen LogP contribution is 2.42. The SMILES string of the molecule is Cc1cc(C(Cl)c2c(C)c(C)c(C)c(C)c2C)sc1Br. The maximum absolute atomic E-state index is 6.81. The molecule has 0 nitrogen and oxygen atoms in total. The molecule has 2 aromatic rings. The Balaban J connectivity index is 2.63. The molecule has 0 aliphatic heterocycles. The van der Waals surface area contributed by atoms with Crippen molar-refractivity contribution < 1.29 is 0 Å². The number of alkyl halides is 1. The monoisotopic (exact) mass is 370 g/mol. The van der Waals surface area contributed by atoms with Crippen LogP contribution >= 0.6 is 38.9 Å². The lowest BCUT2D eigenvalue weighted by Gasteiger charge is -2.21. The Labute approximate surface area is 139 Å². The first kappa shape index (κ1) is 16.1. The molecule has 0 bridgehead atoms. The van der Waals surface area contributed by atoms with E-state index in [0.29, 0.717) is 0 Å². The van der Waals surface area contributed by atoms with Gasteiger partial charge in [-0.3, -0.25) is 0 Å². The molecule has 2 rings (SSSR count). The molecular formula is C17H20BrClS. The lowest BCUT2D eigenvalue weighted by atomic mass is 9.88. The van der Waals surface area contributed by atoms with Gasteiger partial charge in [0.15, 0.2) is 0 Å². The van der Waals surface area contributed by atoms with Crippen molar-refractivity contribution >= 4 is 38.9 Å². The van der Waals surface area contributed by atoms with E-state index in [0.717, 1.165) is 0 Å². The second kappa shape index (κ2) is 5.82. The van der Waals surface area contributed by atoms with Crippen molar-refractivity contribution in [3.05, 3.63) is 53.7 Å². The van der Waals surface area contributed by atoms with Crippen molar-refractivity contribution in [1.29, 1.82) is 0 Å². The Morgan fingerprint density at radius 2 is 1.35 bits per heavy atom. The minimum absolute atomic E-state index is 0.0667. The number of benzene rings is 1. The number of rotatable bonds is 2. The maximum atomic E-state index is 6.81. The molecule has 0 aliphatic rings. The average Bonchev–Trinajstić information content (AvgIpc) is 2.74. The molecule has 1 aromatic carbocycles. The van der Waals surface area contributed by atoms with Gasteiger partial charge in [0.05, 0.1) is 9.16 Å². The van der Waals surface area contributed by atoms with Crippen LogP contribution < -0.4 is 0 Å². The molecule has 1 heterocycles. The van der Waals surface area contributed by atoms with Crippen LogP contribution in [0.4, 0.5) is 0 Å². The number of thiophene rings is 1. The summed E-state index contributed by atoms with van der Waals surface area (Å²) in [6.45, 7) is 13.1. The standard InChI is InChI=1S/C17H20BrClS/c1-8-7-14(20-17(8)18)16(19)15-12(5)10(3)9(2)11(4)13(15)6/h7,16H,1-6H3. The zero-order chi connectivity index (χ0) is 15.2. The van der Waals surface area contributed by atoms with Crippen LogP contribution in [-0.2, 0) is 0 Å². The van der Waals surface area contributed by atoms with Crippen molar-refractivity contribution in [2.45, 2.75) is 46.9 Å². The first-order chi connectivity index (χ1) is 9.25. The molecule has 0 saturated heterocycles. The largest absolute Gasteiger partial charge is 0.131 e. The zero-order valence-corrected chi connectivity index (χ0v) is 16.0. The summed E-state index contributed by atoms with van der Waals surface area (Å²) < 4.78 is 1.18. The Bertz CT molecular complexity index is 622. The molecule has 0 aliphatic carbocycles. The lowest BCUT2D eigenvalue weighted by molar-refractivity contribution is 1.05. The molecular weight excluding hydrogens is 352 g/mol. The van der Waals surface area contributed by atoms with Gasteiger partial charge < -0.3 is 0 Å². The van der Waals surface area contributed by atoms with Gasteiger partial charge in [-0.15, -0.1) is 22.9 Å². The van der Waals surface area contributed by atoms with Gasteiger partial charge in [-0.1, -0.05) is 0 Å². The zero-order valence-electron chi connectivity index (χ0n) is 12.8. The van der Waals surface area contributed by atoms with E-state index in [-0.39, 0.29) is 5.38 Å². The Hall–Kier alpha value is -0.310. The van der Waals surface area contributed by atoms with Gasteiger partial charge in [0, 0.05) is 4.88 Å². The van der Waals surface area contributed by atoms with Crippen LogP contribution in [-0.4, -0.2) is 0 Å². The van der Waals surface area contributed by atoms with Gasteiger partial charge in [0.1, 0.15) is 0 Å². The van der Waals surface area contributed by atoms with E-state index in [9.17, 15) is 0 Å². The number of hydrogen-bond acceptors (Lipinski definition) is 1. The summed E-state index contributed by atoms with van der Waals surface area (Å²) in [4.78, 5) is 1.21. The third-order valence-corrected chi connectivity index (χ3v) is 7.22. The van der Waals surface area contributed by atoms with Crippen LogP contribution in [0.3, 0.4) is 0 Å². The fraction of sp³-hybridized carbons (Fsp3) is 0.412. The van der Waals surface area contributed by atoms with Crippen molar-refractivity contribution in [3.63, 3.8) is 0 Å². The van der Waals surface area contributed by atoms with Gasteiger partial charge in [0.2, 0.25) is 0 Å². The van der Waals surface area contributed by atoms with E-state index >= 15 is 0 Å². The van der Waals surface area contributed by atoms with Crippen molar-refractivity contribution in [2.24, 2.45) is 0 Å². The van der Waals surface area contributed by atoms with Crippen molar-refractivity contribution in [1.82, 2.24) is 0 Å². The highest BCUT2D eigenvalue weighted by molar-refractivity contribution is 9.11. The van der Waals surface area contributed by atoms with E-state index in [2.05, 4.69) is 63.5 Å². The molecule has 108 valence electrons. The summed E-state index contributed by atoms with van der Waals surface area (Å²) in [6.07, 6.45) is 0. The minimum atomic E-state index is -0.0667. The molecule has 20 heavy (non-hydrogen) atoms. The second-order valence-electron chi connectivity index (χ2n) is 5.51. The van der Waals surface area contributed by atoms with Crippen LogP contribution in [0.1, 0.15) is 49.2 Å². The summed E-state index contributed by atoms with van der Waals surface area (Å²) in [6, 6.07) is 2.19. The van der Waals surface area contributed by atoms with E-state index in [1.165, 1.54) is 47.6 Å². The first-order valence-electron chi connectivity index (χ1n) is 6.72. The van der Waals surface area contributed by atoms with Gasteiger partial charge in [-0.25, -0.2) is 0 Å². The normalized spacial score (nSPS) is 12.8. The molecule has 0 radical (unpaired) electrons. The minimum Gasteiger partial charge on any atom is -0.131 e. The summed E-state index contributed by atoms with van der Waals surface area (Å²) in [5, 5.41) is -0.0667. The third kappa shape index (κ3) is 2.58. The molecule has 3 heteroatoms. The molecule has 1 unspecified atom stereocenters. The van der Waals surface area contributed by atoms with Gasteiger partial charge in [-0.2, -0.15) is 0 Å². The smallest absolute Gasteiger partial charge is 0.0933 e. The Kier molecular flexibility index (Phi) is 4.68. The fourth-order valence-corrected chi connectivity index (χ4v) is 4.74. The second-order valence-corrected chi connectivity index (χ2v) is 8.34. The van der Waals surface area contributed by atoms with Crippen molar-refractivity contribution in [3.8, 4) is 0 Å². The molecule has 0 N–H and O–H groups in total. The maximum Gasteiger partial charge on any atom is 0.0933 e. The molecule has 0 saturated carbocycles. The predicted molar refractivity (Wildman–Crippen MR) is 94.6 cm³/mol. The number of hydrogen-bond donors (Lipinski definition) is 0. The lowest BCUT2D eigenvalue weighted by Crippen LogP contribution is -2.05. The highest BCUT2D eigenvalue weighted by atomic mass is 79.9. The average molecular weight is 372 g/mol. The van der Waals surface area contributed by atoms with E-state index in [4.69, 9.17) is 11.6 Å². The van der Waals surface area contributed by atoms with Gasteiger partial charge >= 0.3 is 0 Å². The number of halogens is 2. The topological polar surface area (TPSA) is 0 Å². The van der Waals surface area contributed by atoms with Gasteiger partial charge in [0.25, 0.3) is 0 Å². The van der Waals surface area contributed by atoms with Crippen LogP contribution in [0.25, 0.3) is 0 Å². The Morgan fingerprint density at radius 1 is 0.900 bits per heavy atom. The fourth-order valence-electron chi connectivity index (χ4n) is 2.66. The molecule has 0 spiro atoms. The molecule has 0 fully saturated rings. The van der Waals surface area contributed by atoms with E-state index in [1.807, 2.05) is 0 Å². The summed E-state index contributed by atoms with van der Waals surface area (Å²) >= 11 is 12.1. The number of aryl methyl sites for hydroxylation is 1. The third-order valence-electron chi connectivity index (χ3n) is 4.44. The molecule has 0 amide bonds.